The predicted molar refractivity (Wildman–Crippen MR) is 93.7 cm³/mol. The third kappa shape index (κ3) is 1.99. The molecular weight excluding hydrogens is 368 g/mol. The molecule has 8 nitrogen and oxygen atoms in total. The number of ether oxygens (including phenoxy) is 1. The molecule has 4 rings (SSSR count). The highest BCUT2D eigenvalue weighted by molar-refractivity contribution is 5.94. The van der Waals surface area contributed by atoms with Gasteiger partial charge in [-0.2, -0.15) is 0 Å². The topological polar surface area (TPSA) is 137 Å². The molecule has 0 bridgehead atoms. The monoisotopic (exact) mass is 394 g/mol. The smallest absolute Gasteiger partial charge is 0.316 e. The number of esters is 1. The highest BCUT2D eigenvalue weighted by atomic mass is 16.6. The molecule has 0 radical (unpaired) electrons. The average Bonchev–Trinajstić information content (AvgIpc) is 3.29. The second-order valence-electron chi connectivity index (χ2n) is 8.62. The number of carbonyl (C=O) groups excluding carboxylic acids is 2. The van der Waals surface area contributed by atoms with Crippen molar-refractivity contribution in [2.45, 2.75) is 56.3 Å². The minimum Gasteiger partial charge on any atom is -0.472 e. The van der Waals surface area contributed by atoms with Gasteiger partial charge < -0.3 is 29.6 Å². The van der Waals surface area contributed by atoms with Crippen LogP contribution < -0.4 is 0 Å². The lowest BCUT2D eigenvalue weighted by atomic mass is 9.39. The highest BCUT2D eigenvalue weighted by Crippen LogP contribution is 2.68. The molecule has 3 aliphatic rings. The van der Waals surface area contributed by atoms with Crippen molar-refractivity contribution in [3.05, 3.63) is 24.2 Å². The summed E-state index contributed by atoms with van der Waals surface area (Å²) in [7, 11) is 0. The standard InChI is InChI=1S/C20H26O8/c1-12-7-15(23)19(11-22)17(25,10-21)4-2-5-20(19,26)18(12)8-14(28-16(18)24)13-3-6-27-9-13/h3,6,9,12,14,21-22,25-26H,2,4-5,7-8,10-11H2,1H3/t12-,14-,17+,18+,19+,20-/m1/s1. The quantitative estimate of drug-likeness (QED) is 0.543. The summed E-state index contributed by atoms with van der Waals surface area (Å²) in [5.41, 5.74) is -6.97. The number of carbonyl (C=O) groups is 2. The summed E-state index contributed by atoms with van der Waals surface area (Å²) in [5, 5.41) is 43.4. The van der Waals surface area contributed by atoms with E-state index in [1.807, 2.05) is 0 Å². The second-order valence-corrected chi connectivity index (χ2v) is 8.62. The number of aliphatic hydroxyl groups excluding tert-OH is 2. The van der Waals surface area contributed by atoms with Crippen LogP contribution in [0.5, 0.6) is 0 Å². The molecule has 1 aromatic rings. The van der Waals surface area contributed by atoms with Crippen LogP contribution in [-0.2, 0) is 14.3 Å². The molecule has 2 saturated carbocycles. The van der Waals surface area contributed by atoms with Gasteiger partial charge in [0.25, 0.3) is 0 Å². The second kappa shape index (κ2) is 6.13. The molecule has 4 N–H and O–H groups in total. The van der Waals surface area contributed by atoms with Crippen LogP contribution in [0.2, 0.25) is 0 Å². The van der Waals surface area contributed by atoms with E-state index in [0.29, 0.717) is 12.0 Å². The average molecular weight is 394 g/mol. The first kappa shape index (κ1) is 19.6. The largest absolute Gasteiger partial charge is 0.472 e. The molecule has 0 aromatic carbocycles. The number of Topliss-reactive ketones (excluding diaryl/α,β-unsaturated/α-hetero) is 1. The normalized spacial score (nSPS) is 45.9. The fraction of sp³-hybridized carbons (Fsp3) is 0.700. The van der Waals surface area contributed by atoms with Crippen LogP contribution in [-0.4, -0.2) is 56.6 Å². The Labute approximate surface area is 162 Å². The van der Waals surface area contributed by atoms with Crippen molar-refractivity contribution >= 4 is 11.8 Å². The molecular formula is C20H26O8. The van der Waals surface area contributed by atoms with Gasteiger partial charge in [0, 0.05) is 18.4 Å². The van der Waals surface area contributed by atoms with Crippen molar-refractivity contribution < 1.29 is 39.2 Å². The van der Waals surface area contributed by atoms with Crippen molar-refractivity contribution in [3.63, 3.8) is 0 Å². The van der Waals surface area contributed by atoms with Crippen LogP contribution in [0.15, 0.2) is 23.0 Å². The van der Waals surface area contributed by atoms with Crippen molar-refractivity contribution in [1.82, 2.24) is 0 Å². The van der Waals surface area contributed by atoms with Crippen LogP contribution in [0, 0.1) is 16.7 Å². The van der Waals surface area contributed by atoms with Gasteiger partial charge in [-0.1, -0.05) is 6.92 Å². The van der Waals surface area contributed by atoms with Gasteiger partial charge in [0.05, 0.1) is 31.3 Å². The van der Waals surface area contributed by atoms with E-state index in [-0.39, 0.29) is 25.7 Å². The van der Waals surface area contributed by atoms with Gasteiger partial charge in [0.1, 0.15) is 28.3 Å². The Bertz CT molecular complexity index is 790. The number of ketones is 1. The predicted octanol–water partition coefficient (Wildman–Crippen LogP) is 0.480. The lowest BCUT2D eigenvalue weighted by Gasteiger charge is -2.65. The molecule has 0 amide bonds. The Hall–Kier alpha value is -1.74. The van der Waals surface area contributed by atoms with E-state index in [1.165, 1.54) is 12.5 Å². The highest BCUT2D eigenvalue weighted by Gasteiger charge is 2.80. The van der Waals surface area contributed by atoms with Crippen LogP contribution in [0.4, 0.5) is 0 Å². The molecule has 2 heterocycles. The van der Waals surface area contributed by atoms with Gasteiger partial charge in [-0.25, -0.2) is 0 Å². The molecule has 1 spiro atoms. The van der Waals surface area contributed by atoms with Gasteiger partial charge in [0.2, 0.25) is 0 Å². The van der Waals surface area contributed by atoms with Crippen LogP contribution in [0.25, 0.3) is 0 Å². The molecule has 154 valence electrons. The maximum Gasteiger partial charge on any atom is 0.316 e. The van der Waals surface area contributed by atoms with Crippen molar-refractivity contribution in [2.24, 2.45) is 16.7 Å². The fourth-order valence-electron chi connectivity index (χ4n) is 6.19. The first-order chi connectivity index (χ1) is 13.2. The van der Waals surface area contributed by atoms with E-state index < -0.39 is 59.0 Å². The summed E-state index contributed by atoms with van der Waals surface area (Å²) in [6.07, 6.45) is 2.62. The molecule has 0 unspecified atom stereocenters. The van der Waals surface area contributed by atoms with E-state index in [9.17, 15) is 30.0 Å². The third-order valence-electron chi connectivity index (χ3n) is 7.71. The summed E-state index contributed by atoms with van der Waals surface area (Å²) < 4.78 is 10.7. The molecule has 1 saturated heterocycles. The lowest BCUT2D eigenvalue weighted by molar-refractivity contribution is -0.290. The Morgan fingerprint density at radius 3 is 2.54 bits per heavy atom. The Balaban J connectivity index is 1.91. The third-order valence-corrected chi connectivity index (χ3v) is 7.71. The molecule has 1 aliphatic heterocycles. The summed E-state index contributed by atoms with van der Waals surface area (Å²) in [6.45, 7) is 0.0482. The molecule has 6 atom stereocenters. The number of hydrogen-bond acceptors (Lipinski definition) is 8. The zero-order valence-corrected chi connectivity index (χ0v) is 15.8. The summed E-state index contributed by atoms with van der Waals surface area (Å²) in [5.74, 6) is -1.75. The number of aliphatic hydroxyl groups is 4. The Morgan fingerprint density at radius 2 is 1.93 bits per heavy atom. The number of furan rings is 1. The first-order valence-corrected chi connectivity index (χ1v) is 9.65. The van der Waals surface area contributed by atoms with E-state index in [2.05, 4.69) is 0 Å². The zero-order chi connectivity index (χ0) is 20.4. The SMILES string of the molecule is C[C@@H]1CC(=O)[C@@]2(CO)[C@@](O)(CO)CCC[C@@]2(O)[C@@]12C[C@H](c1ccoc1)OC2=O. The van der Waals surface area contributed by atoms with Crippen LogP contribution >= 0.6 is 0 Å². The van der Waals surface area contributed by atoms with Gasteiger partial charge >= 0.3 is 5.97 Å². The lowest BCUT2D eigenvalue weighted by Crippen LogP contribution is -2.80. The van der Waals surface area contributed by atoms with Crippen molar-refractivity contribution in [2.75, 3.05) is 13.2 Å². The van der Waals surface area contributed by atoms with E-state index in [4.69, 9.17) is 9.15 Å². The van der Waals surface area contributed by atoms with Crippen LogP contribution in [0.3, 0.4) is 0 Å². The first-order valence-electron chi connectivity index (χ1n) is 9.65. The van der Waals surface area contributed by atoms with Gasteiger partial charge in [-0.15, -0.1) is 0 Å². The van der Waals surface area contributed by atoms with Gasteiger partial charge in [-0.05, 0) is 31.2 Å². The minimum atomic E-state index is -2.05. The maximum absolute atomic E-state index is 13.2. The zero-order valence-electron chi connectivity index (χ0n) is 15.8. The molecule has 28 heavy (non-hydrogen) atoms. The maximum atomic E-state index is 13.2. The summed E-state index contributed by atoms with van der Waals surface area (Å²) >= 11 is 0. The van der Waals surface area contributed by atoms with E-state index in [0.717, 1.165) is 0 Å². The Kier molecular flexibility index (Phi) is 4.28. The molecule has 3 fully saturated rings. The number of hydrogen-bond donors (Lipinski definition) is 4. The Morgan fingerprint density at radius 1 is 1.18 bits per heavy atom. The van der Waals surface area contributed by atoms with Crippen molar-refractivity contribution in [1.29, 1.82) is 0 Å². The van der Waals surface area contributed by atoms with Gasteiger partial charge in [-0.3, -0.25) is 9.59 Å². The minimum absolute atomic E-state index is 0.0408. The van der Waals surface area contributed by atoms with Crippen molar-refractivity contribution in [3.8, 4) is 0 Å². The van der Waals surface area contributed by atoms with Crippen LogP contribution in [0.1, 0.15) is 50.7 Å². The fourth-order valence-corrected chi connectivity index (χ4v) is 6.19. The molecule has 1 aromatic heterocycles. The van der Waals surface area contributed by atoms with E-state index >= 15 is 0 Å². The molecule has 8 heteroatoms. The molecule has 2 aliphatic carbocycles. The number of cyclic esters (lactones) is 1. The number of fused-ring (bicyclic) bond motifs is 2. The number of rotatable bonds is 3. The van der Waals surface area contributed by atoms with E-state index in [1.54, 1.807) is 13.0 Å². The van der Waals surface area contributed by atoms with Gasteiger partial charge in [0.15, 0.2) is 0 Å². The summed E-state index contributed by atoms with van der Waals surface area (Å²) in [6, 6.07) is 1.67. The summed E-state index contributed by atoms with van der Waals surface area (Å²) in [4.78, 5) is 26.4.